The summed E-state index contributed by atoms with van der Waals surface area (Å²) >= 11 is 0. The lowest BCUT2D eigenvalue weighted by atomic mass is 10.2. The maximum Gasteiger partial charge on any atom is 0.271 e. The van der Waals surface area contributed by atoms with Crippen molar-refractivity contribution in [1.29, 1.82) is 0 Å². The molecule has 2 rings (SSSR count). The Morgan fingerprint density at radius 3 is 2.78 bits per heavy atom. The van der Waals surface area contributed by atoms with Crippen LogP contribution in [0.15, 0.2) is 30.9 Å². The van der Waals surface area contributed by atoms with Crippen LogP contribution in [0.25, 0.3) is 0 Å². The molecule has 0 bridgehead atoms. The molecule has 122 valence electrons. The van der Waals surface area contributed by atoms with Crippen molar-refractivity contribution in [3.05, 3.63) is 42.1 Å². The van der Waals surface area contributed by atoms with E-state index in [-0.39, 0.29) is 18.4 Å². The highest BCUT2D eigenvalue weighted by molar-refractivity contribution is 5.97. The summed E-state index contributed by atoms with van der Waals surface area (Å²) in [7, 11) is 3.21. The minimum atomic E-state index is -0.296. The summed E-state index contributed by atoms with van der Waals surface area (Å²) in [6.45, 7) is 0.540. The Labute approximate surface area is 134 Å². The second-order valence-corrected chi connectivity index (χ2v) is 4.86. The van der Waals surface area contributed by atoms with Gasteiger partial charge in [-0.15, -0.1) is 0 Å². The van der Waals surface area contributed by atoms with Crippen LogP contribution in [0.3, 0.4) is 0 Å². The molecule has 0 aliphatic rings. The molecule has 0 aliphatic carbocycles. The topological polar surface area (TPSA) is 101 Å². The van der Waals surface area contributed by atoms with Gasteiger partial charge in [-0.1, -0.05) is 6.07 Å². The smallest absolute Gasteiger partial charge is 0.271 e. The van der Waals surface area contributed by atoms with Gasteiger partial charge >= 0.3 is 0 Å². The summed E-state index contributed by atoms with van der Waals surface area (Å²) in [6.07, 6.45) is 5.65. The standard InChI is InChI=1S/C15H20N6O2/c1-16-14-13(15(23)17-2)21(10-20-14)9-12(22)19-7-5-11-4-3-6-18-8-11/h3-4,6,8,10,16H,5,7,9H2,1-2H3,(H,17,23)(H,19,22). The summed E-state index contributed by atoms with van der Waals surface area (Å²) in [5.41, 5.74) is 1.39. The number of nitrogens with zero attached hydrogens (tertiary/aromatic N) is 3. The lowest BCUT2D eigenvalue weighted by Gasteiger charge is -2.09. The molecule has 0 aliphatic heterocycles. The van der Waals surface area contributed by atoms with Crippen molar-refractivity contribution in [3.8, 4) is 0 Å². The average Bonchev–Trinajstić information content (AvgIpc) is 2.97. The summed E-state index contributed by atoms with van der Waals surface area (Å²) < 4.78 is 1.52. The molecule has 0 radical (unpaired) electrons. The van der Waals surface area contributed by atoms with E-state index in [1.54, 1.807) is 19.4 Å². The zero-order valence-corrected chi connectivity index (χ0v) is 13.2. The van der Waals surface area contributed by atoms with Gasteiger partial charge in [-0.25, -0.2) is 4.98 Å². The van der Waals surface area contributed by atoms with Crippen molar-refractivity contribution >= 4 is 17.6 Å². The Morgan fingerprint density at radius 2 is 2.13 bits per heavy atom. The minimum Gasteiger partial charge on any atom is -0.371 e. The highest BCUT2D eigenvalue weighted by atomic mass is 16.2. The fourth-order valence-corrected chi connectivity index (χ4v) is 2.14. The lowest BCUT2D eigenvalue weighted by molar-refractivity contribution is -0.121. The zero-order chi connectivity index (χ0) is 16.7. The fourth-order valence-electron chi connectivity index (χ4n) is 2.14. The zero-order valence-electron chi connectivity index (χ0n) is 13.2. The molecule has 0 spiro atoms. The lowest BCUT2D eigenvalue weighted by Crippen LogP contribution is -2.31. The quantitative estimate of drug-likeness (QED) is 0.669. The van der Waals surface area contributed by atoms with Gasteiger partial charge < -0.3 is 20.5 Å². The number of pyridine rings is 1. The molecule has 3 N–H and O–H groups in total. The number of amides is 2. The van der Waals surface area contributed by atoms with E-state index in [0.29, 0.717) is 24.5 Å². The summed E-state index contributed by atoms with van der Waals surface area (Å²) in [5, 5.41) is 8.20. The predicted octanol–water partition coefficient (Wildman–Crippen LogP) is 0.0383. The molecule has 2 heterocycles. The molecule has 0 saturated heterocycles. The van der Waals surface area contributed by atoms with Crippen LogP contribution >= 0.6 is 0 Å². The highest BCUT2D eigenvalue weighted by Crippen LogP contribution is 2.12. The first kappa shape index (κ1) is 16.5. The molecule has 2 aromatic heterocycles. The Bertz CT molecular complexity index is 668. The Morgan fingerprint density at radius 1 is 1.30 bits per heavy atom. The van der Waals surface area contributed by atoms with Crippen molar-refractivity contribution in [2.75, 3.05) is 26.0 Å². The molecule has 0 unspecified atom stereocenters. The van der Waals surface area contributed by atoms with E-state index in [1.807, 2.05) is 12.1 Å². The van der Waals surface area contributed by atoms with Crippen molar-refractivity contribution in [2.45, 2.75) is 13.0 Å². The minimum absolute atomic E-state index is 0.0322. The monoisotopic (exact) mass is 316 g/mol. The largest absolute Gasteiger partial charge is 0.371 e. The normalized spacial score (nSPS) is 10.2. The van der Waals surface area contributed by atoms with E-state index >= 15 is 0 Å². The molecular formula is C15H20N6O2. The van der Waals surface area contributed by atoms with Crippen molar-refractivity contribution in [1.82, 2.24) is 25.2 Å². The number of imidazole rings is 1. The molecule has 8 nitrogen and oxygen atoms in total. The SMILES string of the molecule is CNC(=O)c1c(NC)ncn1CC(=O)NCCc1cccnc1. The number of hydrogen-bond acceptors (Lipinski definition) is 5. The van der Waals surface area contributed by atoms with Gasteiger partial charge in [-0.2, -0.15) is 0 Å². The molecule has 8 heteroatoms. The number of aromatic nitrogens is 3. The molecule has 0 aromatic carbocycles. The highest BCUT2D eigenvalue weighted by Gasteiger charge is 2.18. The summed E-state index contributed by atoms with van der Waals surface area (Å²) in [5.74, 6) is -0.0402. The van der Waals surface area contributed by atoms with Gasteiger partial charge in [-0.3, -0.25) is 14.6 Å². The molecule has 2 aromatic rings. The van der Waals surface area contributed by atoms with E-state index in [4.69, 9.17) is 0 Å². The third-order valence-corrected chi connectivity index (χ3v) is 3.29. The number of rotatable bonds is 7. The first-order valence-corrected chi connectivity index (χ1v) is 7.26. The van der Waals surface area contributed by atoms with Gasteiger partial charge in [0.1, 0.15) is 6.54 Å². The van der Waals surface area contributed by atoms with Gasteiger partial charge in [0.15, 0.2) is 11.5 Å². The third-order valence-electron chi connectivity index (χ3n) is 3.29. The molecule has 0 fully saturated rings. The Balaban J connectivity index is 1.92. The summed E-state index contributed by atoms with van der Waals surface area (Å²) in [6, 6.07) is 3.81. The number of carbonyl (C=O) groups is 2. The van der Waals surface area contributed by atoms with Crippen LogP contribution in [-0.4, -0.2) is 47.0 Å². The number of carbonyl (C=O) groups excluding carboxylic acids is 2. The van der Waals surface area contributed by atoms with Gasteiger partial charge in [0.25, 0.3) is 5.91 Å². The number of hydrogen-bond donors (Lipinski definition) is 3. The number of nitrogens with one attached hydrogen (secondary N) is 3. The average molecular weight is 316 g/mol. The van der Waals surface area contributed by atoms with E-state index in [1.165, 1.54) is 17.9 Å². The number of anilines is 1. The molecule has 0 atom stereocenters. The van der Waals surface area contributed by atoms with E-state index < -0.39 is 0 Å². The van der Waals surface area contributed by atoms with Crippen LogP contribution in [0.2, 0.25) is 0 Å². The van der Waals surface area contributed by atoms with E-state index in [2.05, 4.69) is 25.9 Å². The third kappa shape index (κ3) is 4.29. The van der Waals surface area contributed by atoms with Crippen LogP contribution in [0.1, 0.15) is 16.1 Å². The van der Waals surface area contributed by atoms with Crippen LogP contribution < -0.4 is 16.0 Å². The molecule has 0 saturated carbocycles. The van der Waals surface area contributed by atoms with Crippen molar-refractivity contribution < 1.29 is 9.59 Å². The van der Waals surface area contributed by atoms with Crippen molar-refractivity contribution in [2.24, 2.45) is 0 Å². The van der Waals surface area contributed by atoms with Gasteiger partial charge in [-0.05, 0) is 18.1 Å². The second kappa shape index (κ2) is 7.92. The summed E-state index contributed by atoms with van der Waals surface area (Å²) in [4.78, 5) is 32.1. The van der Waals surface area contributed by atoms with Crippen LogP contribution in [0.4, 0.5) is 5.82 Å². The van der Waals surface area contributed by atoms with E-state index in [9.17, 15) is 9.59 Å². The second-order valence-electron chi connectivity index (χ2n) is 4.86. The van der Waals surface area contributed by atoms with E-state index in [0.717, 1.165) is 5.56 Å². The molecule has 2 amide bonds. The molecule has 23 heavy (non-hydrogen) atoms. The first-order chi connectivity index (χ1) is 11.2. The van der Waals surface area contributed by atoms with Crippen LogP contribution in [0, 0.1) is 0 Å². The Kier molecular flexibility index (Phi) is 5.67. The van der Waals surface area contributed by atoms with Crippen LogP contribution in [-0.2, 0) is 17.8 Å². The Hall–Kier alpha value is -2.90. The van der Waals surface area contributed by atoms with Gasteiger partial charge in [0.2, 0.25) is 5.91 Å². The fraction of sp³-hybridized carbons (Fsp3) is 0.333. The van der Waals surface area contributed by atoms with Crippen LogP contribution in [0.5, 0.6) is 0 Å². The predicted molar refractivity (Wildman–Crippen MR) is 86.1 cm³/mol. The van der Waals surface area contributed by atoms with Gasteiger partial charge in [0.05, 0.1) is 6.33 Å². The van der Waals surface area contributed by atoms with Gasteiger partial charge in [0, 0.05) is 33.0 Å². The molecular weight excluding hydrogens is 296 g/mol. The maximum absolute atomic E-state index is 12.0. The maximum atomic E-state index is 12.0. The first-order valence-electron chi connectivity index (χ1n) is 7.26. The van der Waals surface area contributed by atoms with Crippen molar-refractivity contribution in [3.63, 3.8) is 0 Å².